The van der Waals surface area contributed by atoms with Gasteiger partial charge in [-0.15, -0.1) is 5.54 Å². The summed E-state index contributed by atoms with van der Waals surface area (Å²) >= 11 is 0. The highest BCUT2D eigenvalue weighted by molar-refractivity contribution is 7.07. The molecule has 2 aromatic carbocycles. The third-order valence-electron chi connectivity index (χ3n) is 3.39. The topological polar surface area (TPSA) is 0 Å². The number of hydrogen-bond acceptors (Lipinski definition) is 0. The number of rotatable bonds is 2. The van der Waals surface area contributed by atoms with E-state index >= 15 is 0 Å². The van der Waals surface area contributed by atoms with Crippen molar-refractivity contribution < 1.29 is 0 Å². The Morgan fingerprint density at radius 3 is 1.70 bits per heavy atom. The molecule has 1 heteroatoms. The van der Waals surface area contributed by atoms with Crippen LogP contribution in [0.1, 0.15) is 13.8 Å². The van der Waals surface area contributed by atoms with Crippen LogP contribution in [0.4, 0.5) is 0 Å². The van der Waals surface area contributed by atoms with E-state index in [1.54, 1.807) is 0 Å². The Hall–Kier alpha value is -2.04. The van der Waals surface area contributed by atoms with E-state index in [1.807, 2.05) is 6.08 Å². The highest BCUT2D eigenvalue weighted by Gasteiger charge is 2.29. The largest absolute Gasteiger partial charge is 0.196 e. The maximum Gasteiger partial charge on any atom is 0.196 e. The predicted molar refractivity (Wildman–Crippen MR) is 91.0 cm³/mol. The lowest BCUT2D eigenvalue weighted by Crippen LogP contribution is -2.54. The minimum absolute atomic E-state index is 1.25. The maximum absolute atomic E-state index is 3.57. The first-order valence-electron chi connectivity index (χ1n) is 6.90. The molecule has 0 aliphatic heterocycles. The summed E-state index contributed by atoms with van der Waals surface area (Å²) in [5.74, 6) is 3.27. The van der Waals surface area contributed by atoms with Crippen LogP contribution in [-0.2, 0) is 0 Å². The van der Waals surface area contributed by atoms with Crippen molar-refractivity contribution in [3.05, 3.63) is 72.3 Å². The molecule has 0 saturated carbocycles. The van der Waals surface area contributed by atoms with E-state index in [2.05, 4.69) is 92.5 Å². The van der Waals surface area contributed by atoms with Gasteiger partial charge in [0, 0.05) is 0 Å². The van der Waals surface area contributed by atoms with Crippen LogP contribution in [-0.4, -0.2) is 8.07 Å². The maximum atomic E-state index is 3.57. The summed E-state index contributed by atoms with van der Waals surface area (Å²) in [6.45, 7) is 6.49. The molecule has 0 amide bonds. The summed E-state index contributed by atoms with van der Waals surface area (Å²) in [6, 6.07) is 21.4. The zero-order chi connectivity index (χ0) is 14.4. The van der Waals surface area contributed by atoms with Gasteiger partial charge in [-0.1, -0.05) is 78.7 Å². The van der Waals surface area contributed by atoms with Gasteiger partial charge in [0.1, 0.15) is 0 Å². The standard InChI is InChI=1S/C19H20Si/c1-17(2)11-10-16-20(3,18-12-6-4-7-13-18)19-14-8-5-9-15-19/h4-9,11-15H,1-3H3. The lowest BCUT2D eigenvalue weighted by atomic mass is 10.3. The summed E-state index contributed by atoms with van der Waals surface area (Å²) in [7, 11) is -1.97. The minimum atomic E-state index is -1.97. The van der Waals surface area contributed by atoms with Gasteiger partial charge >= 0.3 is 0 Å². The monoisotopic (exact) mass is 276 g/mol. The molecule has 2 aromatic rings. The van der Waals surface area contributed by atoms with Gasteiger partial charge in [0.2, 0.25) is 0 Å². The molecule has 0 unspecified atom stereocenters. The van der Waals surface area contributed by atoms with Crippen molar-refractivity contribution in [1.82, 2.24) is 0 Å². The first-order chi connectivity index (χ1) is 9.63. The van der Waals surface area contributed by atoms with Crippen molar-refractivity contribution in [2.75, 3.05) is 0 Å². The quantitative estimate of drug-likeness (QED) is 0.582. The van der Waals surface area contributed by atoms with E-state index in [1.165, 1.54) is 15.9 Å². The van der Waals surface area contributed by atoms with Crippen molar-refractivity contribution in [3.63, 3.8) is 0 Å². The third-order valence-corrected chi connectivity index (χ3v) is 7.01. The molecule has 0 nitrogen and oxygen atoms in total. The SMILES string of the molecule is CC(C)=CC#C[Si](C)(c1ccccc1)c1ccccc1. The number of hydrogen-bond donors (Lipinski definition) is 0. The molecule has 0 aliphatic rings. The van der Waals surface area contributed by atoms with Crippen molar-refractivity contribution in [2.45, 2.75) is 20.4 Å². The zero-order valence-electron chi connectivity index (χ0n) is 12.4. The van der Waals surface area contributed by atoms with Crippen LogP contribution < -0.4 is 10.4 Å². The van der Waals surface area contributed by atoms with Crippen LogP contribution >= 0.6 is 0 Å². The van der Waals surface area contributed by atoms with E-state index in [-0.39, 0.29) is 0 Å². The Balaban J connectivity index is 2.54. The Labute approximate surface area is 123 Å². The van der Waals surface area contributed by atoms with E-state index in [4.69, 9.17) is 0 Å². The van der Waals surface area contributed by atoms with Gasteiger partial charge in [-0.3, -0.25) is 0 Å². The van der Waals surface area contributed by atoms with E-state index in [0.29, 0.717) is 0 Å². The van der Waals surface area contributed by atoms with Crippen molar-refractivity contribution >= 4 is 18.4 Å². The molecular formula is C19H20Si. The van der Waals surface area contributed by atoms with Crippen molar-refractivity contribution in [2.24, 2.45) is 0 Å². The second-order valence-electron chi connectivity index (χ2n) is 5.35. The van der Waals surface area contributed by atoms with Crippen LogP contribution in [0.2, 0.25) is 6.55 Å². The second-order valence-corrected chi connectivity index (χ2v) is 9.00. The molecule has 0 atom stereocenters. The fourth-order valence-electron chi connectivity index (χ4n) is 2.18. The molecule has 0 fully saturated rings. The summed E-state index contributed by atoms with van der Waals surface area (Å²) < 4.78 is 0. The lowest BCUT2D eigenvalue weighted by molar-refractivity contribution is 1.40. The van der Waals surface area contributed by atoms with Crippen LogP contribution in [0.15, 0.2) is 72.3 Å². The van der Waals surface area contributed by atoms with Crippen molar-refractivity contribution in [3.8, 4) is 11.5 Å². The van der Waals surface area contributed by atoms with Gasteiger partial charge in [-0.2, -0.15) is 0 Å². The smallest absolute Gasteiger partial charge is 0.115 e. The van der Waals surface area contributed by atoms with Gasteiger partial charge < -0.3 is 0 Å². The highest BCUT2D eigenvalue weighted by Crippen LogP contribution is 2.04. The average Bonchev–Trinajstić information content (AvgIpc) is 2.48. The number of benzene rings is 2. The molecule has 0 heterocycles. The van der Waals surface area contributed by atoms with Gasteiger partial charge in [-0.05, 0) is 30.3 Å². The van der Waals surface area contributed by atoms with Crippen molar-refractivity contribution in [1.29, 1.82) is 0 Å². The lowest BCUT2D eigenvalue weighted by Gasteiger charge is -2.22. The molecule has 0 saturated heterocycles. The third kappa shape index (κ3) is 3.29. The second kappa shape index (κ2) is 6.41. The summed E-state index contributed by atoms with van der Waals surface area (Å²) in [4.78, 5) is 0. The summed E-state index contributed by atoms with van der Waals surface area (Å²) in [5, 5.41) is 2.72. The van der Waals surface area contributed by atoms with Crippen LogP contribution in [0, 0.1) is 11.5 Å². The molecule has 0 aliphatic carbocycles. The average molecular weight is 276 g/mol. The minimum Gasteiger partial charge on any atom is -0.115 e. The molecule has 0 aromatic heterocycles. The Morgan fingerprint density at radius 2 is 1.30 bits per heavy atom. The molecule has 0 N–H and O–H groups in total. The van der Waals surface area contributed by atoms with Gasteiger partial charge in [-0.25, -0.2) is 0 Å². The summed E-state index contributed by atoms with van der Waals surface area (Å²) in [5.41, 5.74) is 4.82. The van der Waals surface area contributed by atoms with E-state index < -0.39 is 8.07 Å². The normalized spacial score (nSPS) is 10.3. The number of allylic oxidation sites excluding steroid dienone is 2. The summed E-state index contributed by atoms with van der Waals surface area (Å²) in [6.07, 6.45) is 2.01. The molecule has 100 valence electrons. The predicted octanol–water partition coefficient (Wildman–Crippen LogP) is 3.39. The van der Waals surface area contributed by atoms with E-state index in [0.717, 1.165) is 0 Å². The molecule has 0 spiro atoms. The fourth-order valence-corrected chi connectivity index (χ4v) is 4.88. The Bertz CT molecular complexity index is 599. The molecule has 0 radical (unpaired) electrons. The fraction of sp³-hybridized carbons (Fsp3) is 0.158. The molecule has 0 bridgehead atoms. The molecule has 2 rings (SSSR count). The van der Waals surface area contributed by atoms with Crippen LogP contribution in [0.5, 0.6) is 0 Å². The van der Waals surface area contributed by atoms with Gasteiger partial charge in [0.15, 0.2) is 8.07 Å². The first kappa shape index (κ1) is 14.4. The van der Waals surface area contributed by atoms with Gasteiger partial charge in [0.25, 0.3) is 0 Å². The van der Waals surface area contributed by atoms with Crippen LogP contribution in [0.3, 0.4) is 0 Å². The van der Waals surface area contributed by atoms with E-state index in [9.17, 15) is 0 Å². The molecule has 20 heavy (non-hydrogen) atoms. The first-order valence-corrected chi connectivity index (χ1v) is 9.40. The van der Waals surface area contributed by atoms with Crippen LogP contribution in [0.25, 0.3) is 0 Å². The Morgan fingerprint density at radius 1 is 0.850 bits per heavy atom. The zero-order valence-corrected chi connectivity index (χ0v) is 13.4. The molecular weight excluding hydrogens is 256 g/mol. The van der Waals surface area contributed by atoms with Gasteiger partial charge in [0.05, 0.1) is 0 Å². The Kier molecular flexibility index (Phi) is 4.60. The highest BCUT2D eigenvalue weighted by atomic mass is 28.3.